The smallest absolute Gasteiger partial charge is 0.306 e. The summed E-state index contributed by atoms with van der Waals surface area (Å²) in [5.41, 5.74) is 1.59. The highest BCUT2D eigenvalue weighted by molar-refractivity contribution is 5.69. The van der Waals surface area contributed by atoms with E-state index in [1.54, 1.807) is 10.8 Å². The summed E-state index contributed by atoms with van der Waals surface area (Å²) in [6, 6.07) is 6.75. The first-order chi connectivity index (χ1) is 12.1. The van der Waals surface area contributed by atoms with Gasteiger partial charge in [-0.05, 0) is 48.1 Å². The van der Waals surface area contributed by atoms with Crippen molar-refractivity contribution < 1.29 is 15.0 Å². The van der Waals surface area contributed by atoms with Gasteiger partial charge in [-0.1, -0.05) is 70.6 Å². The summed E-state index contributed by atoms with van der Waals surface area (Å²) >= 11 is 0. The number of carbonyl (C=O) groups is 1. The fourth-order valence-corrected chi connectivity index (χ4v) is 3.19. The van der Waals surface area contributed by atoms with E-state index >= 15 is 0 Å². The van der Waals surface area contributed by atoms with Gasteiger partial charge in [0.15, 0.2) is 0 Å². The van der Waals surface area contributed by atoms with E-state index in [0.717, 1.165) is 19.3 Å². The number of aliphatic hydroxyl groups excluding tert-OH is 1. The second-order valence-electron chi connectivity index (χ2n) is 7.08. The van der Waals surface area contributed by atoms with Crippen molar-refractivity contribution in [3.8, 4) is 0 Å². The van der Waals surface area contributed by atoms with Crippen LogP contribution in [0.3, 0.4) is 0 Å². The first-order valence-electron chi connectivity index (χ1n) is 10.1. The number of hydrogen-bond acceptors (Lipinski definition) is 2. The molecule has 1 unspecified atom stereocenters. The SMILES string of the molecule is CCCCCCC(CCCO)C(=O)O.CCCCCc1cc2ccc1=2. The molecule has 0 bridgehead atoms. The maximum Gasteiger partial charge on any atom is 0.306 e. The van der Waals surface area contributed by atoms with Crippen LogP contribution in [-0.2, 0) is 11.2 Å². The summed E-state index contributed by atoms with van der Waals surface area (Å²) < 4.78 is 0. The van der Waals surface area contributed by atoms with E-state index in [9.17, 15) is 4.79 Å². The lowest BCUT2D eigenvalue weighted by atomic mass is 9.95. The van der Waals surface area contributed by atoms with Crippen LogP contribution in [0.4, 0.5) is 0 Å². The van der Waals surface area contributed by atoms with Gasteiger partial charge in [-0.15, -0.1) is 0 Å². The van der Waals surface area contributed by atoms with Crippen LogP contribution in [0.1, 0.15) is 83.6 Å². The van der Waals surface area contributed by atoms with Gasteiger partial charge in [-0.2, -0.15) is 0 Å². The van der Waals surface area contributed by atoms with Crippen molar-refractivity contribution >= 4 is 5.97 Å². The molecule has 0 aromatic carbocycles. The van der Waals surface area contributed by atoms with Gasteiger partial charge < -0.3 is 10.2 Å². The van der Waals surface area contributed by atoms with Crippen LogP contribution in [0.2, 0.25) is 0 Å². The number of aliphatic carboxylic acids is 1. The molecule has 1 atom stereocenters. The molecule has 3 nitrogen and oxygen atoms in total. The molecule has 0 fully saturated rings. The fraction of sp³-hybridized carbons (Fsp3) is 0.682. The van der Waals surface area contributed by atoms with Gasteiger partial charge >= 0.3 is 5.97 Å². The Labute approximate surface area is 152 Å². The highest BCUT2D eigenvalue weighted by Gasteiger charge is 2.15. The largest absolute Gasteiger partial charge is 0.481 e. The van der Waals surface area contributed by atoms with E-state index in [1.807, 2.05) is 0 Å². The standard InChI is InChI=1S/C11H22O3.C11H14/c1-2-3-4-5-7-10(11(13)14)8-6-9-12;1-2-3-4-5-9-8-10-6-7-11(9)10/h10,12H,2-9H2,1H3,(H,13,14);6-8H,2-5H2,1H3. The highest BCUT2D eigenvalue weighted by Crippen LogP contribution is 2.18. The third kappa shape index (κ3) is 8.04. The van der Waals surface area contributed by atoms with Gasteiger partial charge in [-0.25, -0.2) is 0 Å². The third-order valence-electron chi connectivity index (χ3n) is 4.93. The maximum absolute atomic E-state index is 10.8. The minimum atomic E-state index is -0.713. The summed E-state index contributed by atoms with van der Waals surface area (Å²) in [6.45, 7) is 4.49. The molecule has 2 aliphatic carbocycles. The molecule has 0 saturated heterocycles. The molecule has 2 aliphatic rings. The van der Waals surface area contributed by atoms with Gasteiger partial charge in [-0.3, -0.25) is 4.79 Å². The Hall–Kier alpha value is -1.35. The zero-order chi connectivity index (χ0) is 18.5. The van der Waals surface area contributed by atoms with Crippen molar-refractivity contribution in [2.24, 2.45) is 5.92 Å². The Morgan fingerprint density at radius 1 is 0.960 bits per heavy atom. The van der Waals surface area contributed by atoms with Crippen molar-refractivity contribution in [1.29, 1.82) is 0 Å². The quantitative estimate of drug-likeness (QED) is 0.473. The lowest BCUT2D eigenvalue weighted by molar-refractivity contribution is -0.142. The molecule has 2 rings (SSSR count). The average molecular weight is 349 g/mol. The summed E-state index contributed by atoms with van der Waals surface area (Å²) in [5, 5.41) is 20.5. The van der Waals surface area contributed by atoms with Gasteiger partial charge in [0, 0.05) is 6.61 Å². The van der Waals surface area contributed by atoms with E-state index < -0.39 is 5.97 Å². The van der Waals surface area contributed by atoms with Crippen molar-refractivity contribution in [1.82, 2.24) is 0 Å². The molecule has 0 spiro atoms. The van der Waals surface area contributed by atoms with Gasteiger partial charge in [0.25, 0.3) is 0 Å². The topological polar surface area (TPSA) is 57.5 Å². The molecule has 25 heavy (non-hydrogen) atoms. The van der Waals surface area contributed by atoms with Crippen LogP contribution in [0.5, 0.6) is 0 Å². The Morgan fingerprint density at radius 2 is 1.64 bits per heavy atom. The molecule has 2 N–H and O–H groups in total. The van der Waals surface area contributed by atoms with Gasteiger partial charge in [0.2, 0.25) is 0 Å². The molecule has 0 aliphatic heterocycles. The number of benzene rings is 1. The fourth-order valence-electron chi connectivity index (χ4n) is 3.19. The van der Waals surface area contributed by atoms with Crippen molar-refractivity contribution in [2.45, 2.75) is 84.5 Å². The maximum atomic E-state index is 10.8. The lowest BCUT2D eigenvalue weighted by Gasteiger charge is -2.10. The number of carboxylic acid groups (broad SMARTS) is 1. The van der Waals surface area contributed by atoms with Crippen LogP contribution in [0.25, 0.3) is 0 Å². The van der Waals surface area contributed by atoms with Crippen LogP contribution < -0.4 is 0 Å². The normalized spacial score (nSPS) is 12.3. The number of aliphatic hydroxyl groups is 1. The van der Waals surface area contributed by atoms with Crippen molar-refractivity contribution in [2.75, 3.05) is 6.61 Å². The number of rotatable bonds is 13. The molecule has 0 saturated carbocycles. The summed E-state index contributed by atoms with van der Waals surface area (Å²) in [6.07, 6.45) is 11.8. The van der Waals surface area contributed by atoms with E-state index in [-0.39, 0.29) is 12.5 Å². The van der Waals surface area contributed by atoms with Crippen LogP contribution >= 0.6 is 0 Å². The number of aryl methyl sites for hydroxylation is 1. The molecule has 3 heteroatoms. The van der Waals surface area contributed by atoms with Crippen LogP contribution in [-0.4, -0.2) is 22.8 Å². The molecule has 0 radical (unpaired) electrons. The van der Waals surface area contributed by atoms with Gasteiger partial charge in [0.05, 0.1) is 5.92 Å². The number of carboxylic acids is 1. The van der Waals surface area contributed by atoms with Gasteiger partial charge in [0.1, 0.15) is 0 Å². The molecular formula is C22H36O3. The zero-order valence-electron chi connectivity index (χ0n) is 16.1. The van der Waals surface area contributed by atoms with E-state index in [4.69, 9.17) is 10.2 Å². The molecule has 142 valence electrons. The van der Waals surface area contributed by atoms with E-state index in [0.29, 0.717) is 12.8 Å². The molecule has 0 aromatic rings. The minimum absolute atomic E-state index is 0.0960. The first kappa shape index (κ1) is 21.7. The summed E-state index contributed by atoms with van der Waals surface area (Å²) in [4.78, 5) is 10.8. The summed E-state index contributed by atoms with van der Waals surface area (Å²) in [5.74, 6) is -0.964. The number of unbranched alkanes of at least 4 members (excludes halogenated alkanes) is 5. The molecule has 0 heterocycles. The summed E-state index contributed by atoms with van der Waals surface area (Å²) in [7, 11) is 0. The van der Waals surface area contributed by atoms with Crippen molar-refractivity contribution in [3.63, 3.8) is 0 Å². The minimum Gasteiger partial charge on any atom is -0.481 e. The zero-order valence-corrected chi connectivity index (χ0v) is 16.1. The predicted octanol–water partition coefficient (Wildman–Crippen LogP) is 5.45. The Kier molecular flexibility index (Phi) is 11.2. The molecular weight excluding hydrogens is 312 g/mol. The highest BCUT2D eigenvalue weighted by atomic mass is 16.4. The third-order valence-corrected chi connectivity index (χ3v) is 4.93. The van der Waals surface area contributed by atoms with E-state index in [1.165, 1.54) is 43.7 Å². The first-order valence-corrected chi connectivity index (χ1v) is 10.1. The predicted molar refractivity (Wildman–Crippen MR) is 104 cm³/mol. The monoisotopic (exact) mass is 348 g/mol. The Bertz CT molecular complexity index is 579. The second-order valence-corrected chi connectivity index (χ2v) is 7.08. The molecule has 0 amide bonds. The van der Waals surface area contributed by atoms with Crippen LogP contribution in [0, 0.1) is 16.4 Å². The number of hydrogen-bond donors (Lipinski definition) is 2. The van der Waals surface area contributed by atoms with Crippen molar-refractivity contribution in [3.05, 3.63) is 34.2 Å². The van der Waals surface area contributed by atoms with E-state index in [2.05, 4.69) is 32.0 Å². The Morgan fingerprint density at radius 3 is 2.12 bits per heavy atom. The molecule has 0 aromatic heterocycles. The van der Waals surface area contributed by atoms with Crippen LogP contribution in [0.15, 0.2) is 18.2 Å². The Balaban J connectivity index is 0.000000255. The lowest BCUT2D eigenvalue weighted by Crippen LogP contribution is -2.14. The second kappa shape index (κ2) is 12.9. The average Bonchev–Trinajstić information content (AvgIpc) is 2.58.